The Hall–Kier alpha value is -3.15. The molecule has 24 heavy (non-hydrogen) atoms. The number of hydrogen-bond donors (Lipinski definition) is 2. The number of rotatable bonds is 4. The van der Waals surface area contributed by atoms with E-state index in [4.69, 9.17) is 0 Å². The first-order valence-electron chi connectivity index (χ1n) is 7.79. The standard InChI is InChI=1S/C18H18N6/c1-11(2)10-24-16-7-6-13(9-14(16)12(3)23-24)20-18-17-15(21-22-18)5-4-8-19-17/h4-9H,1,10H2,2-3H3,(H2,20,21,22). The molecule has 3 aromatic heterocycles. The Labute approximate surface area is 139 Å². The topological polar surface area (TPSA) is 71.4 Å². The summed E-state index contributed by atoms with van der Waals surface area (Å²) in [5.74, 6) is 0.719. The average molecular weight is 318 g/mol. The SMILES string of the molecule is C=C(C)Cn1nc(C)c2cc(Nc3n[nH]c4cccnc34)ccc21. The lowest BCUT2D eigenvalue weighted by molar-refractivity contribution is 0.695. The molecule has 0 saturated carbocycles. The van der Waals surface area contributed by atoms with Gasteiger partial charge in [0.15, 0.2) is 5.82 Å². The van der Waals surface area contributed by atoms with Gasteiger partial charge in [0.05, 0.1) is 23.3 Å². The number of anilines is 2. The molecule has 4 aromatic rings. The third kappa shape index (κ3) is 2.42. The van der Waals surface area contributed by atoms with E-state index in [1.165, 1.54) is 0 Å². The van der Waals surface area contributed by atoms with Gasteiger partial charge in [-0.1, -0.05) is 12.2 Å². The molecule has 0 spiro atoms. The highest BCUT2D eigenvalue weighted by atomic mass is 15.3. The van der Waals surface area contributed by atoms with Crippen molar-refractivity contribution in [3.05, 3.63) is 54.4 Å². The van der Waals surface area contributed by atoms with Crippen molar-refractivity contribution in [2.24, 2.45) is 0 Å². The first-order valence-corrected chi connectivity index (χ1v) is 7.79. The van der Waals surface area contributed by atoms with Gasteiger partial charge in [0.1, 0.15) is 5.52 Å². The molecular formula is C18H18N6. The van der Waals surface area contributed by atoms with Crippen LogP contribution in [0, 0.1) is 6.92 Å². The van der Waals surface area contributed by atoms with E-state index >= 15 is 0 Å². The van der Waals surface area contributed by atoms with Crippen molar-refractivity contribution in [3.8, 4) is 0 Å². The van der Waals surface area contributed by atoms with E-state index in [1.807, 2.05) is 36.7 Å². The molecule has 0 atom stereocenters. The summed E-state index contributed by atoms with van der Waals surface area (Å²) in [6, 6.07) is 10.0. The van der Waals surface area contributed by atoms with Gasteiger partial charge >= 0.3 is 0 Å². The Kier molecular flexibility index (Phi) is 3.30. The lowest BCUT2D eigenvalue weighted by atomic mass is 10.2. The molecule has 1 aromatic carbocycles. The Morgan fingerprint density at radius 3 is 3.04 bits per heavy atom. The summed E-state index contributed by atoms with van der Waals surface area (Å²) in [6.45, 7) is 8.73. The molecule has 6 nitrogen and oxygen atoms in total. The second-order valence-corrected chi connectivity index (χ2v) is 6.03. The fourth-order valence-corrected chi connectivity index (χ4v) is 2.87. The second-order valence-electron chi connectivity index (χ2n) is 6.03. The molecular weight excluding hydrogens is 300 g/mol. The summed E-state index contributed by atoms with van der Waals surface area (Å²) in [5.41, 5.74) is 5.88. The zero-order valence-corrected chi connectivity index (χ0v) is 13.7. The number of hydrogen-bond acceptors (Lipinski definition) is 4. The molecule has 0 aliphatic rings. The van der Waals surface area contributed by atoms with Crippen molar-refractivity contribution in [2.75, 3.05) is 5.32 Å². The molecule has 6 heteroatoms. The van der Waals surface area contributed by atoms with Crippen LogP contribution in [0.3, 0.4) is 0 Å². The van der Waals surface area contributed by atoms with E-state index in [0.717, 1.165) is 51.3 Å². The normalized spacial score (nSPS) is 11.2. The first-order chi connectivity index (χ1) is 11.6. The zero-order valence-electron chi connectivity index (χ0n) is 13.7. The molecule has 0 bridgehead atoms. The molecule has 0 saturated heterocycles. The number of aromatic nitrogens is 5. The largest absolute Gasteiger partial charge is 0.337 e. The van der Waals surface area contributed by atoms with Crippen molar-refractivity contribution in [2.45, 2.75) is 20.4 Å². The number of nitrogens with one attached hydrogen (secondary N) is 2. The number of H-pyrrole nitrogens is 1. The molecule has 120 valence electrons. The summed E-state index contributed by atoms with van der Waals surface area (Å²) in [7, 11) is 0. The van der Waals surface area contributed by atoms with Crippen LogP contribution in [0.15, 0.2) is 48.7 Å². The zero-order chi connectivity index (χ0) is 16.7. The summed E-state index contributed by atoms with van der Waals surface area (Å²) in [5, 5.41) is 16.4. The van der Waals surface area contributed by atoms with Crippen LogP contribution in [-0.4, -0.2) is 25.0 Å². The maximum absolute atomic E-state index is 4.61. The van der Waals surface area contributed by atoms with Gasteiger partial charge in [0.25, 0.3) is 0 Å². The predicted octanol–water partition coefficient (Wildman–Crippen LogP) is 3.94. The third-order valence-electron chi connectivity index (χ3n) is 3.94. The Balaban J connectivity index is 1.73. The summed E-state index contributed by atoms with van der Waals surface area (Å²) in [4.78, 5) is 4.37. The molecule has 0 radical (unpaired) electrons. The molecule has 0 fully saturated rings. The molecule has 0 aliphatic heterocycles. The minimum atomic E-state index is 0.719. The van der Waals surface area contributed by atoms with Crippen LogP contribution in [0.2, 0.25) is 0 Å². The number of nitrogens with zero attached hydrogens (tertiary/aromatic N) is 4. The van der Waals surface area contributed by atoms with Crippen LogP contribution in [0.25, 0.3) is 21.9 Å². The van der Waals surface area contributed by atoms with E-state index in [-0.39, 0.29) is 0 Å². The van der Waals surface area contributed by atoms with E-state index in [9.17, 15) is 0 Å². The second kappa shape index (κ2) is 5.49. The minimum Gasteiger partial charge on any atom is -0.337 e. The number of aromatic amines is 1. The quantitative estimate of drug-likeness (QED) is 0.559. The number of benzene rings is 1. The lowest BCUT2D eigenvalue weighted by Gasteiger charge is -2.05. The number of pyridine rings is 1. The van der Waals surface area contributed by atoms with E-state index in [0.29, 0.717) is 0 Å². The highest BCUT2D eigenvalue weighted by Crippen LogP contribution is 2.26. The Morgan fingerprint density at radius 1 is 1.33 bits per heavy atom. The smallest absolute Gasteiger partial charge is 0.178 e. The van der Waals surface area contributed by atoms with Crippen molar-refractivity contribution in [1.29, 1.82) is 0 Å². The first kappa shape index (κ1) is 14.4. The minimum absolute atomic E-state index is 0.719. The van der Waals surface area contributed by atoms with Gasteiger partial charge < -0.3 is 5.32 Å². The number of aryl methyl sites for hydroxylation is 1. The highest BCUT2D eigenvalue weighted by molar-refractivity contribution is 5.90. The molecule has 0 aliphatic carbocycles. The fraction of sp³-hybridized carbons (Fsp3) is 0.167. The van der Waals surface area contributed by atoms with Crippen molar-refractivity contribution in [1.82, 2.24) is 25.0 Å². The monoisotopic (exact) mass is 318 g/mol. The van der Waals surface area contributed by atoms with Gasteiger partial charge in [0.2, 0.25) is 0 Å². The Morgan fingerprint density at radius 2 is 2.21 bits per heavy atom. The summed E-state index contributed by atoms with van der Waals surface area (Å²) < 4.78 is 1.99. The van der Waals surface area contributed by atoms with Crippen molar-refractivity contribution in [3.63, 3.8) is 0 Å². The maximum atomic E-state index is 4.61. The maximum Gasteiger partial charge on any atom is 0.178 e. The number of fused-ring (bicyclic) bond motifs is 2. The lowest BCUT2D eigenvalue weighted by Crippen LogP contribution is -2.00. The molecule has 0 unspecified atom stereocenters. The molecule has 4 rings (SSSR count). The molecule has 3 heterocycles. The van der Waals surface area contributed by atoms with Crippen LogP contribution >= 0.6 is 0 Å². The highest BCUT2D eigenvalue weighted by Gasteiger charge is 2.10. The van der Waals surface area contributed by atoms with Crippen LogP contribution in [0.5, 0.6) is 0 Å². The van der Waals surface area contributed by atoms with E-state index < -0.39 is 0 Å². The average Bonchev–Trinajstić information content (AvgIpc) is 3.09. The fourth-order valence-electron chi connectivity index (χ4n) is 2.87. The van der Waals surface area contributed by atoms with Gasteiger partial charge in [-0.15, -0.1) is 0 Å². The van der Waals surface area contributed by atoms with Gasteiger partial charge in [-0.3, -0.25) is 14.8 Å². The van der Waals surface area contributed by atoms with Crippen LogP contribution in [0.1, 0.15) is 12.6 Å². The van der Waals surface area contributed by atoms with Crippen LogP contribution in [0.4, 0.5) is 11.5 Å². The number of allylic oxidation sites excluding steroid dienone is 1. The van der Waals surface area contributed by atoms with Gasteiger partial charge in [-0.05, 0) is 44.2 Å². The van der Waals surface area contributed by atoms with Gasteiger partial charge in [-0.25, -0.2) is 0 Å². The third-order valence-corrected chi connectivity index (χ3v) is 3.94. The summed E-state index contributed by atoms with van der Waals surface area (Å²) in [6.07, 6.45) is 1.76. The molecule has 0 amide bonds. The van der Waals surface area contributed by atoms with Crippen LogP contribution in [-0.2, 0) is 6.54 Å². The van der Waals surface area contributed by atoms with Gasteiger partial charge in [0, 0.05) is 17.3 Å². The predicted molar refractivity (Wildman–Crippen MR) is 96.5 cm³/mol. The Bertz CT molecular complexity index is 1060. The van der Waals surface area contributed by atoms with Crippen molar-refractivity contribution < 1.29 is 0 Å². The van der Waals surface area contributed by atoms with Crippen LogP contribution < -0.4 is 5.32 Å². The van der Waals surface area contributed by atoms with Gasteiger partial charge in [-0.2, -0.15) is 10.2 Å². The van der Waals surface area contributed by atoms with Crippen molar-refractivity contribution >= 4 is 33.4 Å². The van der Waals surface area contributed by atoms with E-state index in [1.54, 1.807) is 6.20 Å². The van der Waals surface area contributed by atoms with E-state index in [2.05, 4.69) is 44.3 Å². The molecule has 2 N–H and O–H groups in total. The summed E-state index contributed by atoms with van der Waals surface area (Å²) >= 11 is 0.